The third-order valence-electron chi connectivity index (χ3n) is 5.97. The molecule has 6 nitrogen and oxygen atoms in total. The number of carboxylic acids is 1. The lowest BCUT2D eigenvalue weighted by atomic mass is 9.94. The van der Waals surface area contributed by atoms with Crippen molar-refractivity contribution in [2.75, 3.05) is 11.9 Å². The van der Waals surface area contributed by atoms with E-state index in [4.69, 9.17) is 4.42 Å². The number of nitrogens with one attached hydrogen (secondary N) is 1. The highest BCUT2D eigenvalue weighted by Crippen LogP contribution is 2.33. The number of hydrogen-bond acceptors (Lipinski definition) is 5. The van der Waals surface area contributed by atoms with E-state index in [-0.39, 0.29) is 16.9 Å². The Labute approximate surface area is 197 Å². The largest absolute Gasteiger partial charge is 0.478 e. The lowest BCUT2D eigenvalue weighted by Crippen LogP contribution is -2.15. The lowest BCUT2D eigenvalue weighted by molar-refractivity contribution is 0.0698. The third-order valence-corrected chi connectivity index (χ3v) is 5.97. The Kier molecular flexibility index (Phi) is 6.20. The van der Waals surface area contributed by atoms with Gasteiger partial charge in [-0.1, -0.05) is 37.3 Å². The molecule has 2 N–H and O–H groups in total. The molecule has 0 aliphatic heterocycles. The summed E-state index contributed by atoms with van der Waals surface area (Å²) >= 11 is 0. The fourth-order valence-corrected chi connectivity index (χ4v) is 4.17. The molecule has 0 fully saturated rings. The Hall–Kier alpha value is -4.37. The summed E-state index contributed by atoms with van der Waals surface area (Å²) in [7, 11) is 0. The summed E-state index contributed by atoms with van der Waals surface area (Å²) < 4.78 is 6.35. The molecule has 3 aromatic carbocycles. The van der Waals surface area contributed by atoms with Gasteiger partial charge < -0.3 is 14.8 Å². The van der Waals surface area contributed by atoms with Crippen molar-refractivity contribution in [3.8, 4) is 17.4 Å². The molecule has 34 heavy (non-hydrogen) atoms. The number of nitrogens with zero attached hydrogens (tertiary/aromatic N) is 1. The predicted octanol–water partition coefficient (Wildman–Crippen LogP) is 5.86. The quantitative estimate of drug-likeness (QED) is 0.380. The molecule has 0 aliphatic rings. The molecule has 170 valence electrons. The van der Waals surface area contributed by atoms with Gasteiger partial charge in [0.05, 0.1) is 22.6 Å². The number of aromatic carboxylic acids is 1. The molecule has 4 rings (SSSR count). The molecule has 0 radical (unpaired) electrons. The zero-order chi connectivity index (χ0) is 24.4. The standard InChI is InChI=1S/C28H24N2O4/c1-16-12-22(17(2)15-30-24-11-7-6-10-21(24)28(32)33)27-23(13-16)25(31)18(3)26(34-27)20-9-5-4-8-19(20)14-29/h4-13,17,30H,15H2,1-3H3,(H,32,33). The van der Waals surface area contributed by atoms with Crippen LogP contribution < -0.4 is 10.7 Å². The van der Waals surface area contributed by atoms with E-state index in [1.165, 1.54) is 0 Å². The van der Waals surface area contributed by atoms with Gasteiger partial charge in [-0.05, 0) is 49.7 Å². The van der Waals surface area contributed by atoms with Crippen molar-refractivity contribution in [3.63, 3.8) is 0 Å². The summed E-state index contributed by atoms with van der Waals surface area (Å²) in [4.78, 5) is 24.9. The SMILES string of the molecule is Cc1cc(C(C)CNc2ccccc2C(=O)O)c2oc(-c3ccccc3C#N)c(C)c(=O)c2c1. The number of carbonyl (C=O) groups is 1. The molecule has 0 spiro atoms. The number of anilines is 1. The maximum atomic E-state index is 13.3. The highest BCUT2D eigenvalue weighted by Gasteiger charge is 2.20. The fourth-order valence-electron chi connectivity index (χ4n) is 4.17. The van der Waals surface area contributed by atoms with Crippen LogP contribution in [0.4, 0.5) is 5.69 Å². The van der Waals surface area contributed by atoms with E-state index in [0.29, 0.717) is 45.7 Å². The highest BCUT2D eigenvalue weighted by atomic mass is 16.4. The summed E-state index contributed by atoms with van der Waals surface area (Å²) in [5.74, 6) is -0.718. The smallest absolute Gasteiger partial charge is 0.337 e. The second-order valence-corrected chi connectivity index (χ2v) is 8.41. The van der Waals surface area contributed by atoms with E-state index in [1.807, 2.05) is 32.0 Å². The fraction of sp³-hybridized carbons (Fsp3) is 0.179. The van der Waals surface area contributed by atoms with E-state index in [0.717, 1.165) is 11.1 Å². The van der Waals surface area contributed by atoms with E-state index in [9.17, 15) is 20.0 Å². The van der Waals surface area contributed by atoms with Gasteiger partial charge in [0.25, 0.3) is 0 Å². The molecule has 0 saturated heterocycles. The second-order valence-electron chi connectivity index (χ2n) is 8.41. The molecule has 1 aromatic heterocycles. The molecular weight excluding hydrogens is 428 g/mol. The first kappa shape index (κ1) is 22.8. The Morgan fingerprint density at radius 2 is 1.82 bits per heavy atom. The van der Waals surface area contributed by atoms with Crippen LogP contribution in [-0.4, -0.2) is 17.6 Å². The molecule has 4 aromatic rings. The average Bonchev–Trinajstić information content (AvgIpc) is 2.84. The van der Waals surface area contributed by atoms with Crippen molar-refractivity contribution in [3.05, 3.63) is 98.7 Å². The molecule has 1 atom stereocenters. The van der Waals surface area contributed by atoms with Crippen LogP contribution in [0.2, 0.25) is 0 Å². The minimum Gasteiger partial charge on any atom is -0.478 e. The van der Waals surface area contributed by atoms with E-state index in [1.54, 1.807) is 49.4 Å². The van der Waals surface area contributed by atoms with Gasteiger partial charge in [-0.2, -0.15) is 5.26 Å². The molecule has 1 heterocycles. The molecule has 6 heteroatoms. The van der Waals surface area contributed by atoms with Crippen LogP contribution in [0.3, 0.4) is 0 Å². The number of rotatable bonds is 6. The van der Waals surface area contributed by atoms with E-state index >= 15 is 0 Å². The normalized spacial score (nSPS) is 11.7. The highest BCUT2D eigenvalue weighted by molar-refractivity contribution is 5.94. The number of aryl methyl sites for hydroxylation is 1. The maximum absolute atomic E-state index is 13.3. The first-order valence-electron chi connectivity index (χ1n) is 11.0. The van der Waals surface area contributed by atoms with Crippen LogP contribution in [0.25, 0.3) is 22.3 Å². The Morgan fingerprint density at radius 3 is 2.56 bits per heavy atom. The number of carboxylic acid groups (broad SMARTS) is 1. The van der Waals surface area contributed by atoms with Crippen molar-refractivity contribution in [1.29, 1.82) is 5.26 Å². The summed E-state index contributed by atoms with van der Waals surface area (Å²) in [5.41, 5.74) is 4.29. The van der Waals surface area contributed by atoms with Crippen molar-refractivity contribution < 1.29 is 14.3 Å². The van der Waals surface area contributed by atoms with Crippen LogP contribution in [0.15, 0.2) is 69.9 Å². The van der Waals surface area contributed by atoms with Crippen molar-refractivity contribution >= 4 is 22.6 Å². The second kappa shape index (κ2) is 9.24. The summed E-state index contributed by atoms with van der Waals surface area (Å²) in [5, 5.41) is 22.7. The molecule has 0 saturated carbocycles. The summed E-state index contributed by atoms with van der Waals surface area (Å²) in [6.45, 7) is 6.07. The van der Waals surface area contributed by atoms with Crippen LogP contribution in [0.5, 0.6) is 0 Å². The van der Waals surface area contributed by atoms with Gasteiger partial charge in [0.1, 0.15) is 11.3 Å². The number of fused-ring (bicyclic) bond motifs is 1. The number of hydrogen-bond donors (Lipinski definition) is 2. The van der Waals surface area contributed by atoms with Gasteiger partial charge >= 0.3 is 5.97 Å². The first-order valence-corrected chi connectivity index (χ1v) is 11.0. The number of nitriles is 1. The molecule has 1 unspecified atom stereocenters. The van der Waals surface area contributed by atoms with Gasteiger partial charge in [0, 0.05) is 34.8 Å². The Bertz CT molecular complexity index is 1510. The summed E-state index contributed by atoms with van der Waals surface area (Å²) in [6, 6.07) is 19.8. The maximum Gasteiger partial charge on any atom is 0.337 e. The minimum atomic E-state index is -1.00. The molecule has 0 amide bonds. The van der Waals surface area contributed by atoms with E-state index in [2.05, 4.69) is 11.4 Å². The van der Waals surface area contributed by atoms with Gasteiger partial charge in [-0.25, -0.2) is 4.79 Å². The first-order chi connectivity index (χ1) is 16.3. The minimum absolute atomic E-state index is 0.103. The predicted molar refractivity (Wildman–Crippen MR) is 132 cm³/mol. The monoisotopic (exact) mass is 452 g/mol. The zero-order valence-electron chi connectivity index (χ0n) is 19.2. The Morgan fingerprint density at radius 1 is 1.12 bits per heavy atom. The van der Waals surface area contributed by atoms with Crippen molar-refractivity contribution in [2.45, 2.75) is 26.7 Å². The number of para-hydroxylation sites is 1. The zero-order valence-corrected chi connectivity index (χ0v) is 19.2. The van der Waals surface area contributed by atoms with Gasteiger partial charge in [-0.15, -0.1) is 0 Å². The molecular formula is C28H24N2O4. The van der Waals surface area contributed by atoms with Gasteiger partial charge in [-0.3, -0.25) is 4.79 Å². The van der Waals surface area contributed by atoms with Gasteiger partial charge in [0.15, 0.2) is 5.43 Å². The van der Waals surface area contributed by atoms with Crippen molar-refractivity contribution in [1.82, 2.24) is 0 Å². The van der Waals surface area contributed by atoms with Crippen LogP contribution >= 0.6 is 0 Å². The van der Waals surface area contributed by atoms with Crippen LogP contribution in [-0.2, 0) is 0 Å². The Balaban J connectivity index is 1.82. The average molecular weight is 453 g/mol. The van der Waals surface area contributed by atoms with E-state index < -0.39 is 5.97 Å². The van der Waals surface area contributed by atoms with Crippen molar-refractivity contribution in [2.24, 2.45) is 0 Å². The topological polar surface area (TPSA) is 103 Å². The van der Waals surface area contributed by atoms with Crippen LogP contribution in [0, 0.1) is 25.2 Å². The summed E-state index contributed by atoms with van der Waals surface area (Å²) in [6.07, 6.45) is 0. The number of benzene rings is 3. The third kappa shape index (κ3) is 4.16. The molecule has 0 aliphatic carbocycles. The lowest BCUT2D eigenvalue weighted by Gasteiger charge is -2.18. The van der Waals surface area contributed by atoms with Gasteiger partial charge in [0.2, 0.25) is 0 Å². The van der Waals surface area contributed by atoms with Crippen LogP contribution in [0.1, 0.15) is 45.5 Å². The molecule has 0 bridgehead atoms.